The summed E-state index contributed by atoms with van der Waals surface area (Å²) in [5.41, 5.74) is 1.97. The zero-order valence-corrected chi connectivity index (χ0v) is 14.6. The summed E-state index contributed by atoms with van der Waals surface area (Å²) in [6, 6.07) is 7.67. The Kier molecular flexibility index (Phi) is 3.51. The Morgan fingerprint density at radius 2 is 2.12 bits per heavy atom. The van der Waals surface area contributed by atoms with Crippen LogP contribution < -0.4 is 14.2 Å². The highest BCUT2D eigenvalue weighted by Gasteiger charge is 2.41. The lowest BCUT2D eigenvalue weighted by Crippen LogP contribution is -2.37. The number of carbonyl (C=O) groups excluding carboxylic acids is 1. The van der Waals surface area contributed by atoms with Gasteiger partial charge in [-0.25, -0.2) is 0 Å². The van der Waals surface area contributed by atoms with E-state index in [1.165, 1.54) is 6.42 Å². The molecule has 0 spiro atoms. The lowest BCUT2D eigenvalue weighted by Gasteiger charge is -2.27. The van der Waals surface area contributed by atoms with E-state index in [2.05, 4.69) is 4.98 Å². The number of pyridine rings is 1. The van der Waals surface area contributed by atoms with Crippen LogP contribution in [0.2, 0.25) is 0 Å². The Balaban J connectivity index is 1.58. The number of fused-ring (bicyclic) bond motifs is 3. The molecule has 6 nitrogen and oxygen atoms in total. The molecule has 3 heterocycles. The number of hydrogen-bond donors (Lipinski definition) is 0. The third-order valence-corrected chi connectivity index (χ3v) is 5.66. The largest absolute Gasteiger partial charge is 0.496 e. The number of rotatable bonds is 3. The summed E-state index contributed by atoms with van der Waals surface area (Å²) >= 11 is 0. The monoisotopic (exact) mass is 352 g/mol. The van der Waals surface area contributed by atoms with Crippen molar-refractivity contribution in [1.82, 2.24) is 9.88 Å². The van der Waals surface area contributed by atoms with Gasteiger partial charge in [0.15, 0.2) is 11.5 Å². The second-order valence-electron chi connectivity index (χ2n) is 7.10. The van der Waals surface area contributed by atoms with Gasteiger partial charge in [0.1, 0.15) is 5.75 Å². The predicted molar refractivity (Wildman–Crippen MR) is 94.5 cm³/mol. The standard InChI is InChI=1S/C20H20N2O4/c1-24-16-9-18-17(25-11-26-18)8-15(16)19-14(3-2-6-21-19)20(23)22-10-12-4-5-13(22)7-12/h2-3,6,8-9,12-13H,4-5,7,10-11H2,1H3/t12-,13+/m0/s1. The van der Waals surface area contributed by atoms with Crippen LogP contribution >= 0.6 is 0 Å². The zero-order valence-electron chi connectivity index (χ0n) is 14.6. The van der Waals surface area contributed by atoms with Crippen LogP contribution in [0.4, 0.5) is 0 Å². The maximum absolute atomic E-state index is 13.3. The van der Waals surface area contributed by atoms with Crippen molar-refractivity contribution in [1.29, 1.82) is 0 Å². The minimum absolute atomic E-state index is 0.0556. The Morgan fingerprint density at radius 3 is 2.85 bits per heavy atom. The van der Waals surface area contributed by atoms with E-state index in [-0.39, 0.29) is 12.7 Å². The highest BCUT2D eigenvalue weighted by Crippen LogP contribution is 2.44. The number of amides is 1. The van der Waals surface area contributed by atoms with Gasteiger partial charge >= 0.3 is 0 Å². The first-order valence-electron chi connectivity index (χ1n) is 8.98. The van der Waals surface area contributed by atoms with Crippen molar-refractivity contribution in [2.24, 2.45) is 5.92 Å². The van der Waals surface area contributed by atoms with E-state index in [1.807, 2.05) is 23.1 Å². The summed E-state index contributed by atoms with van der Waals surface area (Å²) < 4.78 is 16.5. The molecule has 1 aromatic heterocycles. The maximum atomic E-state index is 13.3. The Bertz CT molecular complexity index is 882. The number of benzene rings is 1. The molecule has 2 aliphatic heterocycles. The fourth-order valence-electron chi connectivity index (χ4n) is 4.40. The topological polar surface area (TPSA) is 60.9 Å². The van der Waals surface area contributed by atoms with E-state index < -0.39 is 0 Å². The summed E-state index contributed by atoms with van der Waals surface area (Å²) in [5, 5.41) is 0. The van der Waals surface area contributed by atoms with Crippen LogP contribution in [0.25, 0.3) is 11.3 Å². The molecule has 0 radical (unpaired) electrons. The van der Waals surface area contributed by atoms with Crippen LogP contribution in [0, 0.1) is 5.92 Å². The van der Waals surface area contributed by atoms with E-state index in [0.29, 0.717) is 40.5 Å². The first-order valence-corrected chi connectivity index (χ1v) is 8.98. The molecular formula is C20H20N2O4. The quantitative estimate of drug-likeness (QED) is 0.849. The van der Waals surface area contributed by atoms with Gasteiger partial charge in [-0.3, -0.25) is 9.78 Å². The number of hydrogen-bond acceptors (Lipinski definition) is 5. The summed E-state index contributed by atoms with van der Waals surface area (Å²) in [5.74, 6) is 2.62. The minimum atomic E-state index is 0.0556. The number of methoxy groups -OCH3 is 1. The molecule has 2 bridgehead atoms. The summed E-state index contributed by atoms with van der Waals surface area (Å²) in [6.07, 6.45) is 5.19. The average Bonchev–Trinajstić information content (AvgIpc) is 3.42. The minimum Gasteiger partial charge on any atom is -0.496 e. The number of nitrogens with zero attached hydrogens (tertiary/aromatic N) is 2. The molecule has 3 aliphatic rings. The smallest absolute Gasteiger partial charge is 0.256 e. The normalized spacial score (nSPS) is 22.7. The molecule has 1 aliphatic carbocycles. The highest BCUT2D eigenvalue weighted by atomic mass is 16.7. The van der Waals surface area contributed by atoms with E-state index in [0.717, 1.165) is 24.9 Å². The fourth-order valence-corrected chi connectivity index (χ4v) is 4.40. The maximum Gasteiger partial charge on any atom is 0.256 e. The summed E-state index contributed by atoms with van der Waals surface area (Å²) in [6.45, 7) is 1.04. The second-order valence-corrected chi connectivity index (χ2v) is 7.10. The number of carbonyl (C=O) groups is 1. The van der Waals surface area contributed by atoms with Crippen LogP contribution in [0.1, 0.15) is 29.6 Å². The van der Waals surface area contributed by atoms with E-state index >= 15 is 0 Å². The molecule has 0 unspecified atom stereocenters. The van der Waals surface area contributed by atoms with Crippen molar-refractivity contribution in [3.63, 3.8) is 0 Å². The van der Waals surface area contributed by atoms with Gasteiger partial charge in [-0.05, 0) is 43.4 Å². The number of piperidine rings is 1. The van der Waals surface area contributed by atoms with Crippen LogP contribution in [0.5, 0.6) is 17.2 Å². The van der Waals surface area contributed by atoms with Gasteiger partial charge in [-0.2, -0.15) is 0 Å². The average molecular weight is 352 g/mol. The lowest BCUT2D eigenvalue weighted by atomic mass is 10.0. The van der Waals surface area contributed by atoms with Crippen LogP contribution in [0.3, 0.4) is 0 Å². The van der Waals surface area contributed by atoms with Crippen molar-refractivity contribution in [3.8, 4) is 28.5 Å². The third-order valence-electron chi connectivity index (χ3n) is 5.66. The first kappa shape index (κ1) is 15.5. The van der Waals surface area contributed by atoms with Gasteiger partial charge in [0, 0.05) is 30.4 Å². The molecular weight excluding hydrogens is 332 g/mol. The lowest BCUT2D eigenvalue weighted by molar-refractivity contribution is 0.0704. The number of likely N-dealkylation sites (tertiary alicyclic amines) is 1. The van der Waals surface area contributed by atoms with Crippen molar-refractivity contribution in [2.45, 2.75) is 25.3 Å². The third kappa shape index (κ3) is 2.32. The highest BCUT2D eigenvalue weighted by molar-refractivity contribution is 6.01. The van der Waals surface area contributed by atoms with Gasteiger partial charge in [-0.15, -0.1) is 0 Å². The van der Waals surface area contributed by atoms with Gasteiger partial charge in [0.2, 0.25) is 6.79 Å². The van der Waals surface area contributed by atoms with E-state index in [4.69, 9.17) is 14.2 Å². The summed E-state index contributed by atoms with van der Waals surface area (Å²) in [7, 11) is 1.60. The SMILES string of the molecule is COc1cc2c(cc1-c1ncccc1C(=O)N1C[C@H]3CC[C@@H]1C3)OCO2. The molecule has 1 saturated carbocycles. The molecule has 6 heteroatoms. The van der Waals surface area contributed by atoms with Crippen molar-refractivity contribution in [3.05, 3.63) is 36.0 Å². The number of aromatic nitrogens is 1. The summed E-state index contributed by atoms with van der Waals surface area (Å²) in [4.78, 5) is 19.8. The molecule has 2 atom stereocenters. The molecule has 1 amide bonds. The van der Waals surface area contributed by atoms with Gasteiger partial charge in [0.05, 0.1) is 18.4 Å². The molecule has 2 aromatic rings. The van der Waals surface area contributed by atoms with E-state index in [9.17, 15) is 4.79 Å². The molecule has 0 N–H and O–H groups in total. The molecule has 2 fully saturated rings. The molecule has 5 rings (SSSR count). The Morgan fingerprint density at radius 1 is 1.27 bits per heavy atom. The molecule has 1 aromatic carbocycles. The van der Waals surface area contributed by atoms with E-state index in [1.54, 1.807) is 19.4 Å². The van der Waals surface area contributed by atoms with Crippen LogP contribution in [-0.2, 0) is 0 Å². The van der Waals surface area contributed by atoms with Crippen molar-refractivity contribution in [2.75, 3.05) is 20.4 Å². The zero-order chi connectivity index (χ0) is 17.7. The fraction of sp³-hybridized carbons (Fsp3) is 0.400. The number of ether oxygens (including phenoxy) is 3. The van der Waals surface area contributed by atoms with Crippen molar-refractivity contribution >= 4 is 5.91 Å². The van der Waals surface area contributed by atoms with Crippen molar-refractivity contribution < 1.29 is 19.0 Å². The Labute approximate surface area is 151 Å². The molecule has 1 saturated heterocycles. The second kappa shape index (κ2) is 5.90. The first-order chi connectivity index (χ1) is 12.7. The Hall–Kier alpha value is -2.76. The van der Waals surface area contributed by atoms with Gasteiger partial charge in [0.25, 0.3) is 5.91 Å². The molecule has 134 valence electrons. The van der Waals surface area contributed by atoms with Gasteiger partial charge < -0.3 is 19.1 Å². The predicted octanol–water partition coefficient (Wildman–Crippen LogP) is 3.11. The van der Waals surface area contributed by atoms with Crippen LogP contribution in [0.15, 0.2) is 30.5 Å². The molecule has 26 heavy (non-hydrogen) atoms. The van der Waals surface area contributed by atoms with Gasteiger partial charge in [-0.1, -0.05) is 0 Å². The van der Waals surface area contributed by atoms with Crippen LogP contribution in [-0.4, -0.2) is 42.3 Å².